The number of nitrogens with zero attached hydrogens (tertiary/aromatic N) is 3. The number of fused-ring (bicyclic) bond motifs is 1. The number of aliphatic imine (C=N–C) groups is 1. The van der Waals surface area contributed by atoms with Crippen molar-refractivity contribution < 1.29 is 8.42 Å². The average molecular weight is 359 g/mol. The maximum Gasteiger partial charge on any atom is 0.242 e. The Bertz CT molecular complexity index is 852. The number of hydrogen-bond donors (Lipinski definition) is 2. The maximum absolute atomic E-state index is 12.1. The van der Waals surface area contributed by atoms with Crippen molar-refractivity contribution in [3.8, 4) is 0 Å². The first kappa shape index (κ1) is 17.4. The number of sulfonamides is 1. The molecule has 0 bridgehead atoms. The molecule has 0 aliphatic carbocycles. The number of pyridine rings is 1. The Morgan fingerprint density at radius 1 is 1.24 bits per heavy atom. The standard InChI is InChI=1S/C17H21N5O2S/c1-18-17(22-12-8-14-5-2-3-7-16(14)22)20-10-11-21-25(23,24)15-6-4-9-19-13-15/h2-7,9,13,21H,8,10-12H2,1H3,(H,18,20). The van der Waals surface area contributed by atoms with E-state index >= 15 is 0 Å². The van der Waals surface area contributed by atoms with Crippen molar-refractivity contribution in [1.29, 1.82) is 0 Å². The van der Waals surface area contributed by atoms with Crippen LogP contribution in [-0.2, 0) is 16.4 Å². The summed E-state index contributed by atoms with van der Waals surface area (Å²) in [5.41, 5.74) is 2.44. The molecule has 8 heteroatoms. The van der Waals surface area contributed by atoms with Crippen molar-refractivity contribution in [2.24, 2.45) is 4.99 Å². The van der Waals surface area contributed by atoms with Gasteiger partial charge in [0, 0.05) is 44.8 Å². The zero-order valence-corrected chi connectivity index (χ0v) is 14.8. The van der Waals surface area contributed by atoms with E-state index in [2.05, 4.69) is 37.0 Å². The molecule has 2 heterocycles. The minimum absolute atomic E-state index is 0.160. The van der Waals surface area contributed by atoms with Crippen LogP contribution >= 0.6 is 0 Å². The van der Waals surface area contributed by atoms with Crippen LogP contribution < -0.4 is 14.9 Å². The Morgan fingerprint density at radius 2 is 2.08 bits per heavy atom. The second-order valence-electron chi connectivity index (χ2n) is 5.59. The molecule has 1 aromatic carbocycles. The van der Waals surface area contributed by atoms with Crippen molar-refractivity contribution in [2.45, 2.75) is 11.3 Å². The van der Waals surface area contributed by atoms with Crippen LogP contribution in [0.5, 0.6) is 0 Å². The van der Waals surface area contributed by atoms with E-state index in [9.17, 15) is 8.42 Å². The van der Waals surface area contributed by atoms with Gasteiger partial charge in [-0.3, -0.25) is 9.98 Å². The molecule has 132 valence electrons. The van der Waals surface area contributed by atoms with Gasteiger partial charge < -0.3 is 10.2 Å². The molecule has 0 saturated heterocycles. The zero-order chi connectivity index (χ0) is 17.7. The molecular formula is C17H21N5O2S. The normalized spacial score (nSPS) is 14.4. The minimum Gasteiger partial charge on any atom is -0.355 e. The van der Waals surface area contributed by atoms with Crippen LogP contribution in [0.25, 0.3) is 0 Å². The van der Waals surface area contributed by atoms with Crippen molar-refractivity contribution in [3.05, 3.63) is 54.4 Å². The Hall–Kier alpha value is -2.45. The third kappa shape index (κ3) is 3.97. The van der Waals surface area contributed by atoms with Gasteiger partial charge in [0.05, 0.1) is 0 Å². The SMILES string of the molecule is CN=C(NCCNS(=O)(=O)c1cccnc1)N1CCc2ccccc21. The van der Waals surface area contributed by atoms with Crippen LogP contribution in [0.15, 0.2) is 58.7 Å². The topological polar surface area (TPSA) is 86.7 Å². The molecule has 0 fully saturated rings. The van der Waals surface area contributed by atoms with E-state index in [1.54, 1.807) is 19.3 Å². The summed E-state index contributed by atoms with van der Waals surface area (Å²) >= 11 is 0. The van der Waals surface area contributed by atoms with Gasteiger partial charge >= 0.3 is 0 Å². The molecule has 2 N–H and O–H groups in total. The largest absolute Gasteiger partial charge is 0.355 e. The molecule has 7 nitrogen and oxygen atoms in total. The fraction of sp³-hybridized carbons (Fsp3) is 0.294. The first-order chi connectivity index (χ1) is 12.1. The second-order valence-corrected chi connectivity index (χ2v) is 7.36. The Labute approximate surface area is 147 Å². The highest BCUT2D eigenvalue weighted by Crippen LogP contribution is 2.27. The lowest BCUT2D eigenvalue weighted by molar-refractivity contribution is 0.580. The molecule has 25 heavy (non-hydrogen) atoms. The molecule has 0 radical (unpaired) electrons. The second kappa shape index (κ2) is 7.62. The van der Waals surface area contributed by atoms with Gasteiger partial charge in [0.2, 0.25) is 10.0 Å². The summed E-state index contributed by atoms with van der Waals surface area (Å²) in [5, 5.41) is 3.21. The summed E-state index contributed by atoms with van der Waals surface area (Å²) < 4.78 is 26.9. The Morgan fingerprint density at radius 3 is 2.84 bits per heavy atom. The Kier molecular flexibility index (Phi) is 5.30. The molecule has 0 amide bonds. The van der Waals surface area contributed by atoms with E-state index in [1.807, 2.05) is 12.1 Å². The fourth-order valence-corrected chi connectivity index (χ4v) is 3.80. The lowest BCUT2D eigenvalue weighted by atomic mass is 10.2. The molecule has 0 saturated carbocycles. The summed E-state index contributed by atoms with van der Waals surface area (Å²) in [5.74, 6) is 0.741. The number of anilines is 1. The molecule has 0 unspecified atom stereocenters. The summed E-state index contributed by atoms with van der Waals surface area (Å²) in [6, 6.07) is 11.3. The van der Waals surface area contributed by atoms with Gasteiger partial charge in [0.1, 0.15) is 4.90 Å². The third-order valence-corrected chi connectivity index (χ3v) is 5.45. The van der Waals surface area contributed by atoms with Crippen LogP contribution in [0.4, 0.5) is 5.69 Å². The molecule has 1 aliphatic rings. The molecule has 1 aromatic heterocycles. The van der Waals surface area contributed by atoms with Crippen LogP contribution in [0.1, 0.15) is 5.56 Å². The van der Waals surface area contributed by atoms with Crippen molar-refractivity contribution >= 4 is 21.7 Å². The van der Waals surface area contributed by atoms with E-state index in [-0.39, 0.29) is 11.4 Å². The maximum atomic E-state index is 12.1. The average Bonchev–Trinajstić information content (AvgIpc) is 3.07. The molecule has 1 aliphatic heterocycles. The van der Waals surface area contributed by atoms with Gasteiger partial charge in [-0.25, -0.2) is 13.1 Å². The van der Waals surface area contributed by atoms with Gasteiger partial charge in [-0.1, -0.05) is 18.2 Å². The number of nitrogens with one attached hydrogen (secondary N) is 2. The van der Waals surface area contributed by atoms with Crippen LogP contribution in [-0.4, -0.2) is 46.0 Å². The first-order valence-corrected chi connectivity index (χ1v) is 9.56. The van der Waals surface area contributed by atoms with E-state index < -0.39 is 10.0 Å². The van der Waals surface area contributed by atoms with Crippen LogP contribution in [0, 0.1) is 0 Å². The number of guanidine groups is 1. The molecular weight excluding hydrogens is 338 g/mol. The summed E-state index contributed by atoms with van der Waals surface area (Å²) in [4.78, 5) is 10.4. The smallest absolute Gasteiger partial charge is 0.242 e. The number of hydrogen-bond acceptors (Lipinski definition) is 4. The highest BCUT2D eigenvalue weighted by molar-refractivity contribution is 7.89. The van der Waals surface area contributed by atoms with Gasteiger partial charge in [0.15, 0.2) is 5.96 Å². The molecule has 3 rings (SSSR count). The predicted molar refractivity (Wildman–Crippen MR) is 98.3 cm³/mol. The van der Waals surface area contributed by atoms with E-state index in [0.717, 1.165) is 24.6 Å². The van der Waals surface area contributed by atoms with Crippen molar-refractivity contribution in [3.63, 3.8) is 0 Å². The summed E-state index contributed by atoms with van der Waals surface area (Å²) in [6.07, 6.45) is 3.85. The molecule has 0 atom stereocenters. The number of aromatic nitrogens is 1. The van der Waals surface area contributed by atoms with Gasteiger partial charge in [-0.05, 0) is 30.2 Å². The molecule has 2 aromatic rings. The van der Waals surface area contributed by atoms with Gasteiger partial charge in [0.25, 0.3) is 0 Å². The third-order valence-electron chi connectivity index (χ3n) is 4.00. The lowest BCUT2D eigenvalue weighted by Crippen LogP contribution is -2.43. The number of para-hydroxylation sites is 1. The summed E-state index contributed by atoms with van der Waals surface area (Å²) in [7, 11) is -1.81. The van der Waals surface area contributed by atoms with E-state index in [1.165, 1.54) is 17.8 Å². The Balaban J connectivity index is 1.55. The highest BCUT2D eigenvalue weighted by atomic mass is 32.2. The monoisotopic (exact) mass is 359 g/mol. The van der Waals surface area contributed by atoms with Crippen LogP contribution in [0.3, 0.4) is 0 Å². The molecule has 0 spiro atoms. The van der Waals surface area contributed by atoms with Crippen LogP contribution in [0.2, 0.25) is 0 Å². The predicted octanol–water partition coefficient (Wildman–Crippen LogP) is 0.998. The summed E-state index contributed by atoms with van der Waals surface area (Å²) in [6.45, 7) is 1.55. The highest BCUT2D eigenvalue weighted by Gasteiger charge is 2.22. The first-order valence-electron chi connectivity index (χ1n) is 8.07. The van der Waals surface area contributed by atoms with Crippen molar-refractivity contribution in [1.82, 2.24) is 15.0 Å². The van der Waals surface area contributed by atoms with Crippen molar-refractivity contribution in [2.75, 3.05) is 31.6 Å². The van der Waals surface area contributed by atoms with Gasteiger partial charge in [-0.15, -0.1) is 0 Å². The van der Waals surface area contributed by atoms with E-state index in [0.29, 0.717) is 6.54 Å². The fourth-order valence-electron chi connectivity index (χ4n) is 2.80. The lowest BCUT2D eigenvalue weighted by Gasteiger charge is -2.22. The number of rotatable bonds is 5. The number of benzene rings is 1. The van der Waals surface area contributed by atoms with E-state index in [4.69, 9.17) is 0 Å². The minimum atomic E-state index is -3.54. The van der Waals surface area contributed by atoms with Gasteiger partial charge in [-0.2, -0.15) is 0 Å². The quantitative estimate of drug-likeness (QED) is 0.472. The zero-order valence-electron chi connectivity index (χ0n) is 14.0.